The smallest absolute Gasteiger partial charge is 0.164 e. The molecular weight excluding hydrogens is 428 g/mol. The first-order chi connectivity index (χ1) is 17.2. The molecule has 0 radical (unpaired) electrons. The Morgan fingerprint density at radius 1 is 0.571 bits per heavy atom. The van der Waals surface area contributed by atoms with Gasteiger partial charge in [0.25, 0.3) is 0 Å². The fourth-order valence-corrected chi connectivity index (χ4v) is 5.46. The molecular formula is C31H24N4. The first-order valence-corrected chi connectivity index (χ1v) is 12.1. The summed E-state index contributed by atoms with van der Waals surface area (Å²) >= 11 is 0. The summed E-state index contributed by atoms with van der Waals surface area (Å²) in [6, 6.07) is 34.3. The molecule has 0 amide bonds. The van der Waals surface area contributed by atoms with E-state index in [1.165, 1.54) is 28.1 Å². The predicted molar refractivity (Wildman–Crippen MR) is 141 cm³/mol. The van der Waals surface area contributed by atoms with Crippen LogP contribution in [0.3, 0.4) is 0 Å². The molecule has 7 rings (SSSR count). The van der Waals surface area contributed by atoms with Crippen molar-refractivity contribution in [1.82, 2.24) is 15.0 Å². The zero-order valence-corrected chi connectivity index (χ0v) is 19.5. The molecule has 0 bridgehead atoms. The van der Waals surface area contributed by atoms with Gasteiger partial charge in [0.2, 0.25) is 0 Å². The molecule has 2 aliphatic rings. The van der Waals surface area contributed by atoms with E-state index in [2.05, 4.69) is 48.2 Å². The van der Waals surface area contributed by atoms with Gasteiger partial charge in [-0.25, -0.2) is 15.0 Å². The Kier molecular flexibility index (Phi) is 4.52. The first-order valence-electron chi connectivity index (χ1n) is 12.1. The van der Waals surface area contributed by atoms with Crippen molar-refractivity contribution in [2.75, 3.05) is 4.90 Å². The highest BCUT2D eigenvalue weighted by molar-refractivity contribution is 5.79. The van der Waals surface area contributed by atoms with Crippen LogP contribution >= 0.6 is 0 Å². The molecule has 1 atom stereocenters. The van der Waals surface area contributed by atoms with Gasteiger partial charge in [0.15, 0.2) is 17.5 Å². The van der Waals surface area contributed by atoms with Crippen LogP contribution in [0.5, 0.6) is 0 Å². The van der Waals surface area contributed by atoms with Crippen LogP contribution in [0.2, 0.25) is 0 Å². The Bertz CT molecular complexity index is 1500. The zero-order chi connectivity index (χ0) is 23.4. The minimum Gasteiger partial charge on any atom is -0.337 e. The fourth-order valence-electron chi connectivity index (χ4n) is 5.46. The summed E-state index contributed by atoms with van der Waals surface area (Å²) in [5, 5.41) is 0. The molecule has 0 aliphatic carbocycles. The second-order valence-corrected chi connectivity index (χ2v) is 9.45. The lowest BCUT2D eigenvalue weighted by Crippen LogP contribution is -2.22. The van der Waals surface area contributed by atoms with Crippen molar-refractivity contribution in [2.24, 2.45) is 0 Å². The largest absolute Gasteiger partial charge is 0.337 e. The molecule has 0 saturated heterocycles. The highest BCUT2D eigenvalue weighted by Gasteiger charge is 2.37. The minimum atomic E-state index is 0.496. The van der Waals surface area contributed by atoms with E-state index in [1.54, 1.807) is 0 Å². The predicted octanol–water partition coefficient (Wildman–Crippen LogP) is 6.80. The topological polar surface area (TPSA) is 41.9 Å². The highest BCUT2D eigenvalue weighted by Crippen LogP contribution is 2.47. The summed E-state index contributed by atoms with van der Waals surface area (Å²) in [7, 11) is 0. The Morgan fingerprint density at radius 2 is 1.09 bits per heavy atom. The number of fused-ring (bicyclic) bond motifs is 5. The fraction of sp³-hybridized carbons (Fsp3) is 0.129. The van der Waals surface area contributed by atoms with Crippen LogP contribution in [0.1, 0.15) is 16.7 Å². The molecule has 3 heterocycles. The molecule has 1 aromatic heterocycles. The number of aromatic nitrogens is 3. The average Bonchev–Trinajstić information content (AvgIpc) is 3.44. The lowest BCUT2D eigenvalue weighted by atomic mass is 10.0. The molecule has 1 unspecified atom stereocenters. The number of rotatable bonds is 3. The van der Waals surface area contributed by atoms with Gasteiger partial charge in [-0.15, -0.1) is 0 Å². The molecule has 35 heavy (non-hydrogen) atoms. The molecule has 0 fully saturated rings. The van der Waals surface area contributed by atoms with Crippen LogP contribution in [0.25, 0.3) is 34.2 Å². The Labute approximate surface area is 205 Å². The standard InChI is InChI=1S/C31H24N4/c1-20-12-14-27-24(16-20)18-26-19-25-17-23(13-15-28(25)35(26)27)31-33-29(21-8-4-2-5-9-21)32-30(34-31)22-10-6-3-7-11-22/h2-17,26H,18-19H2,1H3. The van der Waals surface area contributed by atoms with Crippen LogP contribution in [-0.4, -0.2) is 21.0 Å². The Balaban J connectivity index is 1.33. The summed E-state index contributed by atoms with van der Waals surface area (Å²) in [4.78, 5) is 17.2. The van der Waals surface area contributed by atoms with Crippen LogP contribution in [0, 0.1) is 6.92 Å². The third-order valence-corrected chi connectivity index (χ3v) is 7.07. The minimum absolute atomic E-state index is 0.496. The van der Waals surface area contributed by atoms with E-state index in [1.807, 2.05) is 60.7 Å². The molecule has 4 nitrogen and oxygen atoms in total. The molecule has 4 heteroatoms. The summed E-state index contributed by atoms with van der Waals surface area (Å²) < 4.78 is 0. The van der Waals surface area contributed by atoms with Gasteiger partial charge in [-0.05, 0) is 55.2 Å². The normalized spacial score (nSPS) is 15.6. The van der Waals surface area contributed by atoms with Gasteiger partial charge in [0, 0.05) is 34.1 Å². The van der Waals surface area contributed by atoms with E-state index in [0.29, 0.717) is 23.5 Å². The number of hydrogen-bond donors (Lipinski definition) is 0. The SMILES string of the molecule is Cc1ccc2c(c1)CC1Cc3cc(-c4nc(-c5ccccc5)nc(-c5ccccc5)n4)ccc3N21. The molecule has 2 aliphatic heterocycles. The maximum Gasteiger partial charge on any atom is 0.164 e. The second-order valence-electron chi connectivity index (χ2n) is 9.45. The summed E-state index contributed by atoms with van der Waals surface area (Å²) in [5.41, 5.74) is 9.82. The number of anilines is 2. The Hall–Kier alpha value is -4.31. The van der Waals surface area contributed by atoms with Gasteiger partial charge in [-0.3, -0.25) is 0 Å². The third-order valence-electron chi connectivity index (χ3n) is 7.07. The first kappa shape index (κ1) is 20.1. The lowest BCUT2D eigenvalue weighted by Gasteiger charge is -2.20. The van der Waals surface area contributed by atoms with Crippen molar-refractivity contribution >= 4 is 11.4 Å². The molecule has 5 aromatic rings. The number of nitrogens with zero attached hydrogens (tertiary/aromatic N) is 4. The monoisotopic (exact) mass is 452 g/mol. The van der Waals surface area contributed by atoms with Gasteiger partial charge in [0.05, 0.1) is 0 Å². The van der Waals surface area contributed by atoms with E-state index in [9.17, 15) is 0 Å². The van der Waals surface area contributed by atoms with Crippen molar-refractivity contribution in [3.8, 4) is 34.2 Å². The van der Waals surface area contributed by atoms with Crippen LogP contribution in [0.15, 0.2) is 97.1 Å². The molecule has 168 valence electrons. The summed E-state index contributed by atoms with van der Waals surface area (Å²) in [5.74, 6) is 2.10. The van der Waals surface area contributed by atoms with E-state index in [0.717, 1.165) is 29.5 Å². The quantitative estimate of drug-likeness (QED) is 0.302. The maximum absolute atomic E-state index is 4.91. The van der Waals surface area contributed by atoms with Gasteiger partial charge in [-0.2, -0.15) is 0 Å². The zero-order valence-electron chi connectivity index (χ0n) is 19.5. The Morgan fingerprint density at radius 3 is 1.69 bits per heavy atom. The molecule has 0 N–H and O–H groups in total. The third kappa shape index (κ3) is 3.41. The van der Waals surface area contributed by atoms with Crippen molar-refractivity contribution in [1.29, 1.82) is 0 Å². The van der Waals surface area contributed by atoms with Gasteiger partial charge >= 0.3 is 0 Å². The van der Waals surface area contributed by atoms with Gasteiger partial charge in [-0.1, -0.05) is 78.4 Å². The maximum atomic E-state index is 4.91. The van der Waals surface area contributed by atoms with Crippen molar-refractivity contribution < 1.29 is 0 Å². The van der Waals surface area contributed by atoms with Gasteiger partial charge in [0.1, 0.15) is 0 Å². The van der Waals surface area contributed by atoms with Crippen LogP contribution in [-0.2, 0) is 12.8 Å². The molecule has 0 spiro atoms. The van der Waals surface area contributed by atoms with Gasteiger partial charge < -0.3 is 4.90 Å². The van der Waals surface area contributed by atoms with E-state index in [4.69, 9.17) is 15.0 Å². The van der Waals surface area contributed by atoms with Crippen molar-refractivity contribution in [3.63, 3.8) is 0 Å². The number of benzene rings is 4. The van der Waals surface area contributed by atoms with Crippen LogP contribution in [0.4, 0.5) is 11.4 Å². The highest BCUT2D eigenvalue weighted by atomic mass is 15.2. The van der Waals surface area contributed by atoms with Crippen molar-refractivity contribution in [2.45, 2.75) is 25.8 Å². The molecule has 0 saturated carbocycles. The van der Waals surface area contributed by atoms with E-state index >= 15 is 0 Å². The van der Waals surface area contributed by atoms with E-state index < -0.39 is 0 Å². The van der Waals surface area contributed by atoms with Crippen molar-refractivity contribution in [3.05, 3.63) is 114 Å². The average molecular weight is 453 g/mol. The lowest BCUT2D eigenvalue weighted by molar-refractivity contribution is 0.725. The summed E-state index contributed by atoms with van der Waals surface area (Å²) in [6.07, 6.45) is 2.14. The van der Waals surface area contributed by atoms with Crippen LogP contribution < -0.4 is 4.90 Å². The number of aryl methyl sites for hydroxylation is 1. The van der Waals surface area contributed by atoms with E-state index in [-0.39, 0.29) is 0 Å². The summed E-state index contributed by atoms with van der Waals surface area (Å²) in [6.45, 7) is 2.17. The molecule has 4 aromatic carbocycles. The second kappa shape index (κ2) is 7.88. The number of hydrogen-bond acceptors (Lipinski definition) is 4.